The molecule has 1 unspecified atom stereocenters. The molecule has 0 fully saturated rings. The number of benzene rings is 3. The normalized spacial score (nSPS) is 15.7. The molecule has 0 saturated carbocycles. The molecule has 4 aromatic rings. The monoisotopic (exact) mass is 452 g/mol. The molecule has 33 heavy (non-hydrogen) atoms. The Balaban J connectivity index is 1.45. The summed E-state index contributed by atoms with van der Waals surface area (Å²) in [6.45, 7) is 0. The van der Waals surface area contributed by atoms with Crippen molar-refractivity contribution in [1.82, 2.24) is 14.9 Å². The molecule has 162 valence electrons. The Bertz CT molecular complexity index is 1400. The summed E-state index contributed by atoms with van der Waals surface area (Å²) in [5.41, 5.74) is 4.82. The standard InChI is InChI=1S/C25H20N6OS/c32-24-17-26-28-25(33)31(24)27-16-18-11-13-21(14-12-18)30-23(20-9-5-2-6-10-20)15-22(29-30)19-7-3-1-4-8-19/h1-14,16-17,23H,15H2,(H,28,33)/b27-16-. The van der Waals surface area contributed by atoms with Crippen LogP contribution in [-0.4, -0.2) is 26.8 Å². The molecule has 1 atom stereocenters. The number of hydrazone groups is 1. The van der Waals surface area contributed by atoms with Crippen LogP contribution in [-0.2, 0) is 0 Å². The van der Waals surface area contributed by atoms with Crippen molar-refractivity contribution in [1.29, 1.82) is 0 Å². The molecule has 0 saturated heterocycles. The molecular weight excluding hydrogens is 432 g/mol. The summed E-state index contributed by atoms with van der Waals surface area (Å²) in [7, 11) is 0. The summed E-state index contributed by atoms with van der Waals surface area (Å²) in [6, 6.07) is 28.7. The first-order valence-corrected chi connectivity index (χ1v) is 10.9. The topological polar surface area (TPSA) is 78.6 Å². The molecular formula is C25H20N6OS. The molecule has 2 heterocycles. The van der Waals surface area contributed by atoms with Crippen molar-refractivity contribution in [2.24, 2.45) is 10.2 Å². The highest BCUT2D eigenvalue weighted by molar-refractivity contribution is 7.71. The highest BCUT2D eigenvalue weighted by Gasteiger charge is 2.29. The van der Waals surface area contributed by atoms with Gasteiger partial charge in [0.1, 0.15) is 6.20 Å². The van der Waals surface area contributed by atoms with E-state index in [1.54, 1.807) is 6.21 Å². The maximum absolute atomic E-state index is 11.9. The van der Waals surface area contributed by atoms with Crippen LogP contribution < -0.4 is 10.6 Å². The molecule has 0 aliphatic carbocycles. The van der Waals surface area contributed by atoms with E-state index in [1.807, 2.05) is 48.5 Å². The predicted molar refractivity (Wildman–Crippen MR) is 132 cm³/mol. The fourth-order valence-corrected chi connectivity index (χ4v) is 3.97. The van der Waals surface area contributed by atoms with Crippen LogP contribution in [0.4, 0.5) is 5.69 Å². The van der Waals surface area contributed by atoms with E-state index in [0.717, 1.165) is 39.8 Å². The van der Waals surface area contributed by atoms with Gasteiger partial charge in [0, 0.05) is 6.42 Å². The second-order valence-electron chi connectivity index (χ2n) is 7.55. The highest BCUT2D eigenvalue weighted by Crippen LogP contribution is 2.36. The average molecular weight is 453 g/mol. The Hall–Kier alpha value is -4.17. The number of hydrogen-bond donors (Lipinski definition) is 1. The van der Waals surface area contributed by atoms with Crippen LogP contribution in [0.25, 0.3) is 0 Å². The molecule has 3 aromatic carbocycles. The second kappa shape index (κ2) is 9.13. The third-order valence-electron chi connectivity index (χ3n) is 5.42. The van der Waals surface area contributed by atoms with Crippen molar-refractivity contribution < 1.29 is 0 Å². The molecule has 0 bridgehead atoms. The van der Waals surface area contributed by atoms with Gasteiger partial charge in [-0.15, -0.1) is 0 Å². The van der Waals surface area contributed by atoms with Crippen LogP contribution >= 0.6 is 12.2 Å². The number of anilines is 1. The van der Waals surface area contributed by atoms with Gasteiger partial charge >= 0.3 is 0 Å². The summed E-state index contributed by atoms with van der Waals surface area (Å²) in [6.07, 6.45) is 3.54. The summed E-state index contributed by atoms with van der Waals surface area (Å²) in [5.74, 6) is 0. The first-order chi connectivity index (χ1) is 16.2. The number of aromatic nitrogens is 3. The summed E-state index contributed by atoms with van der Waals surface area (Å²) >= 11 is 5.07. The molecule has 1 aliphatic rings. The van der Waals surface area contributed by atoms with Crippen LogP contribution in [0.5, 0.6) is 0 Å². The zero-order chi connectivity index (χ0) is 22.6. The van der Waals surface area contributed by atoms with Crippen LogP contribution in [0.3, 0.4) is 0 Å². The van der Waals surface area contributed by atoms with Gasteiger partial charge in [0.25, 0.3) is 5.56 Å². The zero-order valence-electron chi connectivity index (χ0n) is 17.6. The highest BCUT2D eigenvalue weighted by atomic mass is 32.1. The van der Waals surface area contributed by atoms with Crippen molar-refractivity contribution in [3.8, 4) is 0 Å². The Kier molecular flexibility index (Phi) is 5.73. The molecule has 1 N–H and O–H groups in total. The number of aromatic amines is 1. The Morgan fingerprint density at radius 3 is 2.36 bits per heavy atom. The quantitative estimate of drug-likeness (QED) is 0.356. The summed E-state index contributed by atoms with van der Waals surface area (Å²) in [5, 5.41) is 17.4. The summed E-state index contributed by atoms with van der Waals surface area (Å²) in [4.78, 5) is 11.9. The Morgan fingerprint density at radius 2 is 1.67 bits per heavy atom. The number of nitrogens with one attached hydrogen (secondary N) is 1. The van der Waals surface area contributed by atoms with E-state index in [1.165, 1.54) is 5.56 Å². The fraction of sp³-hybridized carbons (Fsp3) is 0.0800. The maximum atomic E-state index is 11.9. The van der Waals surface area contributed by atoms with Gasteiger partial charge < -0.3 is 0 Å². The number of nitrogens with zero attached hydrogens (tertiary/aromatic N) is 5. The first-order valence-electron chi connectivity index (χ1n) is 10.5. The minimum Gasteiger partial charge on any atom is -0.265 e. The average Bonchev–Trinajstić information content (AvgIpc) is 3.31. The lowest BCUT2D eigenvalue weighted by Crippen LogP contribution is -2.18. The van der Waals surface area contributed by atoms with Gasteiger partial charge in [-0.05, 0) is 41.0 Å². The van der Waals surface area contributed by atoms with E-state index in [9.17, 15) is 4.79 Å². The SMILES string of the molecule is O=c1cn[nH]c(=S)n1/N=C\c1ccc(N2N=C(c3ccccc3)CC2c2ccccc2)cc1. The molecule has 0 radical (unpaired) electrons. The maximum Gasteiger partial charge on any atom is 0.293 e. The van der Waals surface area contributed by atoms with Gasteiger partial charge in [-0.3, -0.25) is 14.9 Å². The molecule has 7 nitrogen and oxygen atoms in total. The predicted octanol–water partition coefficient (Wildman–Crippen LogP) is 4.54. The van der Waals surface area contributed by atoms with Gasteiger partial charge in [0.15, 0.2) is 0 Å². The lowest BCUT2D eigenvalue weighted by molar-refractivity contribution is 0.709. The van der Waals surface area contributed by atoms with E-state index in [2.05, 4.69) is 56.7 Å². The molecule has 5 rings (SSSR count). The zero-order valence-corrected chi connectivity index (χ0v) is 18.4. The largest absolute Gasteiger partial charge is 0.293 e. The van der Waals surface area contributed by atoms with E-state index in [0.29, 0.717) is 0 Å². The van der Waals surface area contributed by atoms with Crippen molar-refractivity contribution in [2.45, 2.75) is 12.5 Å². The minimum absolute atomic E-state index is 0.106. The van der Waals surface area contributed by atoms with E-state index in [4.69, 9.17) is 17.3 Å². The number of rotatable bonds is 5. The van der Waals surface area contributed by atoms with Crippen LogP contribution in [0, 0.1) is 4.77 Å². The lowest BCUT2D eigenvalue weighted by Gasteiger charge is -2.24. The van der Waals surface area contributed by atoms with E-state index >= 15 is 0 Å². The van der Waals surface area contributed by atoms with Crippen molar-refractivity contribution in [3.63, 3.8) is 0 Å². The van der Waals surface area contributed by atoms with Crippen LogP contribution in [0.1, 0.15) is 29.2 Å². The molecule has 8 heteroatoms. The fourth-order valence-electron chi connectivity index (χ4n) is 3.78. The smallest absolute Gasteiger partial charge is 0.265 e. The van der Waals surface area contributed by atoms with Gasteiger partial charge in [-0.1, -0.05) is 72.8 Å². The van der Waals surface area contributed by atoms with Crippen molar-refractivity contribution >= 4 is 29.8 Å². The number of hydrogen-bond acceptors (Lipinski definition) is 6. The molecule has 1 aromatic heterocycles. The molecule has 0 amide bonds. The van der Waals surface area contributed by atoms with Crippen LogP contribution in [0.15, 0.2) is 106 Å². The van der Waals surface area contributed by atoms with Gasteiger partial charge in [-0.2, -0.15) is 20.0 Å². The Morgan fingerprint density at radius 1 is 0.970 bits per heavy atom. The van der Waals surface area contributed by atoms with Gasteiger partial charge in [-0.25, -0.2) is 0 Å². The summed E-state index contributed by atoms with van der Waals surface area (Å²) < 4.78 is 1.24. The third-order valence-corrected chi connectivity index (χ3v) is 5.68. The second-order valence-corrected chi connectivity index (χ2v) is 7.94. The van der Waals surface area contributed by atoms with Gasteiger partial charge in [0.05, 0.1) is 23.7 Å². The molecule has 1 aliphatic heterocycles. The van der Waals surface area contributed by atoms with E-state index in [-0.39, 0.29) is 10.8 Å². The molecule has 0 spiro atoms. The van der Waals surface area contributed by atoms with Gasteiger partial charge in [0.2, 0.25) is 4.77 Å². The minimum atomic E-state index is -0.392. The first kappa shape index (κ1) is 20.7. The third kappa shape index (κ3) is 4.42. The number of H-pyrrole nitrogens is 1. The van der Waals surface area contributed by atoms with Crippen molar-refractivity contribution in [2.75, 3.05) is 5.01 Å². The Labute approximate surface area is 195 Å². The van der Waals surface area contributed by atoms with Crippen LogP contribution in [0.2, 0.25) is 0 Å². The lowest BCUT2D eigenvalue weighted by atomic mass is 9.98. The van der Waals surface area contributed by atoms with E-state index < -0.39 is 5.56 Å². The van der Waals surface area contributed by atoms with Crippen molar-refractivity contribution in [3.05, 3.63) is 123 Å².